The number of para-hydroxylation sites is 3. The topological polar surface area (TPSA) is 43.6 Å². The molecule has 3 heterocycles. The average Bonchev–Trinajstić information content (AvgIpc) is 2.33. The van der Waals surface area contributed by atoms with Crippen molar-refractivity contribution in [3.8, 4) is 73.0 Å². The molecule has 0 radical (unpaired) electrons. The van der Waals surface area contributed by atoms with Crippen LogP contribution in [-0.2, 0) is 21.7 Å². The SMILES string of the molecule is CC(C)(C)c1ccnc(-c2ccc(-c3cc(C(C)(C)C)ccc3C3CC(c4ccccc4-c4ccc(-c5nc6ccccc6n5-c5ccccc5)cc4)CC(c4ccc(C(C)(C)C)cc4-c4ccc(-c5cc(C(C)(C)C)ccn5)cc4)C3)cc2)c1. The fourth-order valence-corrected chi connectivity index (χ4v) is 13.1. The van der Waals surface area contributed by atoms with E-state index in [9.17, 15) is 0 Å². The number of nitrogens with zero attached hydrogens (tertiary/aromatic N) is 4. The maximum Gasteiger partial charge on any atom is 0.145 e. The van der Waals surface area contributed by atoms with Crippen molar-refractivity contribution < 1.29 is 0 Å². The summed E-state index contributed by atoms with van der Waals surface area (Å²) in [6, 6.07) is 79.8. The summed E-state index contributed by atoms with van der Waals surface area (Å²) in [5.41, 5.74) is 25.7. The van der Waals surface area contributed by atoms with Crippen molar-refractivity contribution in [2.24, 2.45) is 0 Å². The fraction of sp³-hybridized carbons (Fsp3) is 0.272. The van der Waals surface area contributed by atoms with Crippen LogP contribution in [0.25, 0.3) is 84.0 Å². The van der Waals surface area contributed by atoms with Crippen molar-refractivity contribution in [3.05, 3.63) is 264 Å². The number of aromatic nitrogens is 4. The van der Waals surface area contributed by atoms with Gasteiger partial charge in [-0.25, -0.2) is 4.98 Å². The maximum absolute atomic E-state index is 5.24. The second-order valence-electron chi connectivity index (χ2n) is 28.2. The Bertz CT molecular complexity index is 4000. The lowest BCUT2D eigenvalue weighted by atomic mass is 9.65. The molecule has 8 aromatic carbocycles. The first-order valence-corrected chi connectivity index (χ1v) is 30.8. The summed E-state index contributed by atoms with van der Waals surface area (Å²) in [5, 5.41) is 0. The fourth-order valence-electron chi connectivity index (χ4n) is 13.1. The number of hydrogen-bond donors (Lipinski definition) is 0. The standard InChI is InChI=1S/C81H82N4/c1-78(2,3)62-38-40-69(71(49-62)54-26-32-56(33-27-54)74-51-64(42-44-82-74)80(7,8)9)60-46-59(68-23-17-16-22-67(68)53-30-36-58(37-31-53)77-84-73-24-18-19-25-76(73)85(77)66-20-14-13-15-21-66)47-61(48-60)70-41-39-63(79(4,5)6)50-72(70)55-28-34-57(35-29-55)75-52-65(43-45-83-75)81(10,11)12/h13-45,49-52,59-61H,46-48H2,1-12H3. The third-order valence-corrected chi connectivity index (χ3v) is 18.1. The normalized spacial score (nSPS) is 16.0. The van der Waals surface area contributed by atoms with Crippen LogP contribution < -0.4 is 0 Å². The van der Waals surface area contributed by atoms with E-state index in [1.54, 1.807) is 0 Å². The van der Waals surface area contributed by atoms with Crippen LogP contribution in [0.5, 0.6) is 0 Å². The molecule has 85 heavy (non-hydrogen) atoms. The predicted octanol–water partition coefficient (Wildman–Crippen LogP) is 21.8. The molecule has 1 aliphatic carbocycles. The summed E-state index contributed by atoms with van der Waals surface area (Å²) in [5.74, 6) is 1.73. The van der Waals surface area contributed by atoms with Crippen molar-refractivity contribution in [2.45, 2.75) is 142 Å². The molecule has 2 unspecified atom stereocenters. The Labute approximate surface area is 506 Å². The highest BCUT2D eigenvalue weighted by Crippen LogP contribution is 2.53. The first-order chi connectivity index (χ1) is 40.6. The molecule has 0 bridgehead atoms. The molecule has 11 aromatic rings. The quantitative estimate of drug-likeness (QED) is 0.137. The van der Waals surface area contributed by atoms with Crippen LogP contribution in [0.4, 0.5) is 0 Å². The van der Waals surface area contributed by atoms with Gasteiger partial charge < -0.3 is 0 Å². The Morgan fingerprint density at radius 2 is 0.706 bits per heavy atom. The number of hydrogen-bond acceptors (Lipinski definition) is 3. The molecule has 0 spiro atoms. The molecule has 4 nitrogen and oxygen atoms in total. The summed E-state index contributed by atoms with van der Waals surface area (Å²) < 4.78 is 2.29. The van der Waals surface area contributed by atoms with Crippen LogP contribution in [0.15, 0.2) is 225 Å². The molecule has 3 aromatic heterocycles. The summed E-state index contributed by atoms with van der Waals surface area (Å²) in [4.78, 5) is 15.0. The second-order valence-corrected chi connectivity index (χ2v) is 28.2. The summed E-state index contributed by atoms with van der Waals surface area (Å²) >= 11 is 0. The van der Waals surface area contributed by atoms with Crippen LogP contribution >= 0.6 is 0 Å². The van der Waals surface area contributed by atoms with Crippen LogP contribution in [0.2, 0.25) is 0 Å². The van der Waals surface area contributed by atoms with Gasteiger partial charge in [-0.3, -0.25) is 14.5 Å². The van der Waals surface area contributed by atoms with E-state index < -0.39 is 0 Å². The molecular formula is C81H82N4. The highest BCUT2D eigenvalue weighted by atomic mass is 15.1. The summed E-state index contributed by atoms with van der Waals surface area (Å²) in [6.07, 6.45) is 7.01. The van der Waals surface area contributed by atoms with E-state index >= 15 is 0 Å². The Morgan fingerprint density at radius 3 is 1.18 bits per heavy atom. The molecule has 0 N–H and O–H groups in total. The van der Waals surface area contributed by atoms with Crippen LogP contribution in [-0.4, -0.2) is 19.5 Å². The molecule has 2 atom stereocenters. The molecule has 12 rings (SSSR count). The van der Waals surface area contributed by atoms with Crippen LogP contribution in [0.1, 0.15) is 159 Å². The van der Waals surface area contributed by atoms with Crippen LogP contribution in [0.3, 0.4) is 0 Å². The molecule has 1 saturated carbocycles. The van der Waals surface area contributed by atoms with Crippen LogP contribution in [0, 0.1) is 0 Å². The first-order valence-electron chi connectivity index (χ1n) is 30.8. The molecule has 4 heteroatoms. The van der Waals surface area contributed by atoms with Gasteiger partial charge in [0.25, 0.3) is 0 Å². The Hall–Kier alpha value is -8.47. The van der Waals surface area contributed by atoms with E-state index in [1.807, 2.05) is 12.4 Å². The minimum atomic E-state index is -0.0322. The first kappa shape index (κ1) is 57.0. The van der Waals surface area contributed by atoms with E-state index in [0.717, 1.165) is 69.9 Å². The number of imidazole rings is 1. The van der Waals surface area contributed by atoms with E-state index in [0.29, 0.717) is 0 Å². The molecular weight excluding hydrogens is 1030 g/mol. The van der Waals surface area contributed by atoms with E-state index in [4.69, 9.17) is 15.0 Å². The highest BCUT2D eigenvalue weighted by molar-refractivity contribution is 5.84. The lowest BCUT2D eigenvalue weighted by molar-refractivity contribution is 0.352. The van der Waals surface area contributed by atoms with Gasteiger partial charge in [0, 0.05) is 34.8 Å². The molecule has 0 aliphatic heterocycles. The van der Waals surface area contributed by atoms with E-state index in [-0.39, 0.29) is 39.4 Å². The van der Waals surface area contributed by atoms with Gasteiger partial charge >= 0.3 is 0 Å². The van der Waals surface area contributed by atoms with E-state index in [1.165, 1.54) is 72.3 Å². The van der Waals surface area contributed by atoms with Gasteiger partial charge in [0.05, 0.1) is 22.4 Å². The average molecular weight is 1110 g/mol. The predicted molar refractivity (Wildman–Crippen MR) is 359 cm³/mol. The molecule has 1 aliphatic rings. The van der Waals surface area contributed by atoms with Crippen molar-refractivity contribution in [3.63, 3.8) is 0 Å². The zero-order valence-electron chi connectivity index (χ0n) is 52.0. The number of pyridine rings is 2. The minimum Gasteiger partial charge on any atom is -0.292 e. The molecule has 426 valence electrons. The number of fused-ring (bicyclic) bond motifs is 1. The molecule has 1 fully saturated rings. The molecule has 0 saturated heterocycles. The lowest BCUT2D eigenvalue weighted by Gasteiger charge is -2.39. The summed E-state index contributed by atoms with van der Waals surface area (Å²) in [7, 11) is 0. The second kappa shape index (κ2) is 22.5. The third kappa shape index (κ3) is 11.9. The van der Waals surface area contributed by atoms with Gasteiger partial charge in [-0.2, -0.15) is 0 Å². The maximum atomic E-state index is 5.24. The number of rotatable bonds is 10. The molecule has 0 amide bonds. The van der Waals surface area contributed by atoms with E-state index in [2.05, 4.69) is 300 Å². The van der Waals surface area contributed by atoms with Gasteiger partial charge in [0.2, 0.25) is 0 Å². The van der Waals surface area contributed by atoms with Crippen molar-refractivity contribution >= 4 is 11.0 Å². The number of benzene rings is 8. The Balaban J connectivity index is 0.979. The van der Waals surface area contributed by atoms with Gasteiger partial charge in [-0.05, 0) is 180 Å². The highest BCUT2D eigenvalue weighted by Gasteiger charge is 2.36. The van der Waals surface area contributed by atoms with Crippen molar-refractivity contribution in [1.82, 2.24) is 19.5 Å². The van der Waals surface area contributed by atoms with Gasteiger partial charge in [-0.1, -0.05) is 247 Å². The monoisotopic (exact) mass is 1110 g/mol. The lowest BCUT2D eigenvalue weighted by Crippen LogP contribution is -2.22. The largest absolute Gasteiger partial charge is 0.292 e. The summed E-state index contributed by atoms with van der Waals surface area (Å²) in [6.45, 7) is 27.7. The minimum absolute atomic E-state index is 0.0293. The zero-order chi connectivity index (χ0) is 59.4. The Kier molecular flexibility index (Phi) is 15.1. The zero-order valence-corrected chi connectivity index (χ0v) is 52.0. The smallest absolute Gasteiger partial charge is 0.145 e. The Morgan fingerprint density at radius 1 is 0.329 bits per heavy atom. The third-order valence-electron chi connectivity index (χ3n) is 18.1. The van der Waals surface area contributed by atoms with Crippen molar-refractivity contribution in [2.75, 3.05) is 0 Å². The van der Waals surface area contributed by atoms with Gasteiger partial charge in [0.1, 0.15) is 5.82 Å². The van der Waals surface area contributed by atoms with Gasteiger partial charge in [-0.15, -0.1) is 0 Å². The van der Waals surface area contributed by atoms with Crippen molar-refractivity contribution in [1.29, 1.82) is 0 Å². The van der Waals surface area contributed by atoms with Gasteiger partial charge in [0.15, 0.2) is 0 Å².